The van der Waals surface area contributed by atoms with Gasteiger partial charge in [-0.15, -0.1) is 0 Å². The molecule has 0 unspecified atom stereocenters. The fourth-order valence-electron chi connectivity index (χ4n) is 2.40. The average Bonchev–Trinajstić information content (AvgIpc) is 2.85. The zero-order chi connectivity index (χ0) is 15.1. The first-order chi connectivity index (χ1) is 10.0. The Hall–Kier alpha value is -2.35. The maximum atomic E-state index is 13.9. The number of carboxylic acids is 1. The van der Waals surface area contributed by atoms with Gasteiger partial charge in [0, 0.05) is 25.1 Å². The van der Waals surface area contributed by atoms with Crippen LogP contribution < -0.4 is 5.32 Å². The lowest BCUT2D eigenvalue weighted by molar-refractivity contribution is 0.0688. The van der Waals surface area contributed by atoms with Gasteiger partial charge in [-0.2, -0.15) is 5.10 Å². The zero-order valence-corrected chi connectivity index (χ0v) is 10.7. The van der Waals surface area contributed by atoms with E-state index in [0.717, 1.165) is 16.8 Å². The van der Waals surface area contributed by atoms with E-state index >= 15 is 0 Å². The van der Waals surface area contributed by atoms with E-state index in [1.54, 1.807) is 0 Å². The van der Waals surface area contributed by atoms with Crippen LogP contribution in [0.15, 0.2) is 12.1 Å². The molecule has 21 heavy (non-hydrogen) atoms. The highest BCUT2D eigenvalue weighted by Crippen LogP contribution is 2.25. The number of aromatic carboxylic acids is 1. The molecule has 8 heteroatoms. The highest BCUT2D eigenvalue weighted by molar-refractivity contribution is 5.87. The molecule has 0 saturated carbocycles. The second-order valence-electron chi connectivity index (χ2n) is 4.61. The number of nitrogens with zero attached hydrogens (tertiary/aromatic N) is 2. The molecule has 5 nitrogen and oxygen atoms in total. The fraction of sp³-hybridized carbons (Fsp3) is 0.231. The SMILES string of the molecule is O=C(O)c1nn(-c2ccc(F)c(F)c2F)c2c1CNCC2. The Bertz CT molecular complexity index is 743. The molecule has 0 atom stereocenters. The number of rotatable bonds is 2. The first-order valence-corrected chi connectivity index (χ1v) is 6.19. The predicted molar refractivity (Wildman–Crippen MR) is 65.8 cm³/mol. The van der Waals surface area contributed by atoms with Gasteiger partial charge >= 0.3 is 5.97 Å². The van der Waals surface area contributed by atoms with Crippen LogP contribution in [0.5, 0.6) is 0 Å². The number of benzene rings is 1. The number of fused-ring (bicyclic) bond motifs is 1. The molecule has 2 N–H and O–H groups in total. The van der Waals surface area contributed by atoms with E-state index in [9.17, 15) is 18.0 Å². The Kier molecular flexibility index (Phi) is 3.17. The summed E-state index contributed by atoms with van der Waals surface area (Å²) in [5, 5.41) is 16.0. The number of hydrogen-bond acceptors (Lipinski definition) is 3. The summed E-state index contributed by atoms with van der Waals surface area (Å²) < 4.78 is 41.3. The van der Waals surface area contributed by atoms with Crippen LogP contribution in [0.1, 0.15) is 21.7 Å². The summed E-state index contributed by atoms with van der Waals surface area (Å²) >= 11 is 0. The van der Waals surface area contributed by atoms with Gasteiger partial charge in [0.15, 0.2) is 23.1 Å². The molecule has 0 radical (unpaired) electrons. The molecule has 1 aromatic carbocycles. The summed E-state index contributed by atoms with van der Waals surface area (Å²) in [6.07, 6.45) is 0.411. The van der Waals surface area contributed by atoms with E-state index in [0.29, 0.717) is 24.2 Å². The molecule has 0 bridgehead atoms. The van der Waals surface area contributed by atoms with Crippen LogP contribution in [0.2, 0.25) is 0 Å². The van der Waals surface area contributed by atoms with Crippen molar-refractivity contribution in [2.24, 2.45) is 0 Å². The summed E-state index contributed by atoms with van der Waals surface area (Å²) in [5.74, 6) is -5.56. The van der Waals surface area contributed by atoms with Crippen molar-refractivity contribution in [3.63, 3.8) is 0 Å². The smallest absolute Gasteiger partial charge is 0.356 e. The third kappa shape index (κ3) is 2.07. The normalized spacial score (nSPS) is 14.0. The molecule has 0 saturated heterocycles. The van der Waals surface area contributed by atoms with Crippen LogP contribution >= 0.6 is 0 Å². The van der Waals surface area contributed by atoms with E-state index in [4.69, 9.17) is 5.11 Å². The van der Waals surface area contributed by atoms with Gasteiger partial charge in [-0.1, -0.05) is 0 Å². The van der Waals surface area contributed by atoms with Gasteiger partial charge in [0.2, 0.25) is 0 Å². The van der Waals surface area contributed by atoms with Crippen LogP contribution in [0.25, 0.3) is 5.69 Å². The third-order valence-electron chi connectivity index (χ3n) is 3.38. The van der Waals surface area contributed by atoms with E-state index in [1.165, 1.54) is 0 Å². The lowest BCUT2D eigenvalue weighted by Crippen LogP contribution is -2.25. The minimum Gasteiger partial charge on any atom is -0.476 e. The Morgan fingerprint density at radius 2 is 2.05 bits per heavy atom. The largest absolute Gasteiger partial charge is 0.476 e. The van der Waals surface area contributed by atoms with E-state index in [2.05, 4.69) is 10.4 Å². The standard InChI is InChI=1S/C13H10F3N3O2/c14-7-1-2-9(11(16)10(7)15)19-8-3-4-17-5-6(8)12(18-19)13(20)21/h1-2,17H,3-5H2,(H,20,21). The molecule has 0 aliphatic carbocycles. The van der Waals surface area contributed by atoms with Crippen LogP contribution in [0, 0.1) is 17.5 Å². The Morgan fingerprint density at radius 1 is 1.29 bits per heavy atom. The molecule has 1 aliphatic heterocycles. The van der Waals surface area contributed by atoms with Crippen molar-refractivity contribution >= 4 is 5.97 Å². The quantitative estimate of drug-likeness (QED) is 0.827. The Balaban J connectivity index is 2.24. The van der Waals surface area contributed by atoms with Crippen LogP contribution in [-0.4, -0.2) is 27.4 Å². The van der Waals surface area contributed by atoms with Crippen LogP contribution in [0.4, 0.5) is 13.2 Å². The minimum atomic E-state index is -1.61. The van der Waals surface area contributed by atoms with Gasteiger partial charge in [0.05, 0.1) is 5.69 Å². The van der Waals surface area contributed by atoms with E-state index < -0.39 is 23.4 Å². The highest BCUT2D eigenvalue weighted by atomic mass is 19.2. The zero-order valence-electron chi connectivity index (χ0n) is 10.7. The summed E-state index contributed by atoms with van der Waals surface area (Å²) in [5.41, 5.74) is 0.384. The minimum absolute atomic E-state index is 0.221. The first-order valence-electron chi connectivity index (χ1n) is 6.19. The molecule has 1 aromatic heterocycles. The predicted octanol–water partition coefficient (Wildman–Crippen LogP) is 1.63. The fourth-order valence-corrected chi connectivity index (χ4v) is 2.40. The van der Waals surface area contributed by atoms with Gasteiger partial charge < -0.3 is 10.4 Å². The molecule has 0 spiro atoms. The number of carboxylic acid groups (broad SMARTS) is 1. The second-order valence-corrected chi connectivity index (χ2v) is 4.61. The number of aromatic nitrogens is 2. The van der Waals surface area contributed by atoms with Gasteiger partial charge in [-0.3, -0.25) is 0 Å². The number of nitrogens with one attached hydrogen (secondary N) is 1. The second kappa shape index (κ2) is 4.88. The van der Waals surface area contributed by atoms with Crippen molar-refractivity contribution in [3.05, 3.63) is 46.5 Å². The molecule has 110 valence electrons. The van der Waals surface area contributed by atoms with Crippen molar-refractivity contribution in [2.75, 3.05) is 6.54 Å². The lowest BCUT2D eigenvalue weighted by atomic mass is 10.1. The number of carbonyl (C=O) groups is 1. The lowest BCUT2D eigenvalue weighted by Gasteiger charge is -2.15. The first kappa shape index (κ1) is 13.6. The number of halogens is 3. The van der Waals surface area contributed by atoms with Crippen molar-refractivity contribution in [3.8, 4) is 5.69 Å². The Morgan fingerprint density at radius 3 is 2.76 bits per heavy atom. The topological polar surface area (TPSA) is 67.1 Å². The highest BCUT2D eigenvalue weighted by Gasteiger charge is 2.27. The molecule has 2 aromatic rings. The van der Waals surface area contributed by atoms with Crippen molar-refractivity contribution < 1.29 is 23.1 Å². The maximum Gasteiger partial charge on any atom is 0.356 e. The molecular weight excluding hydrogens is 287 g/mol. The average molecular weight is 297 g/mol. The van der Waals surface area contributed by atoms with Gasteiger partial charge in [-0.05, 0) is 12.1 Å². The summed E-state index contributed by atoms with van der Waals surface area (Å²) in [4.78, 5) is 11.2. The van der Waals surface area contributed by atoms with Gasteiger partial charge in [-0.25, -0.2) is 22.6 Å². The van der Waals surface area contributed by atoms with Crippen LogP contribution in [0.3, 0.4) is 0 Å². The summed E-state index contributed by atoms with van der Waals surface area (Å²) in [6.45, 7) is 0.839. The molecular formula is C13H10F3N3O2. The van der Waals surface area contributed by atoms with Crippen molar-refractivity contribution in [1.82, 2.24) is 15.1 Å². The van der Waals surface area contributed by atoms with E-state index in [-0.39, 0.29) is 17.9 Å². The third-order valence-corrected chi connectivity index (χ3v) is 3.38. The molecule has 1 aliphatic rings. The molecule has 0 fully saturated rings. The van der Waals surface area contributed by atoms with Gasteiger partial charge in [0.1, 0.15) is 5.69 Å². The van der Waals surface area contributed by atoms with Crippen molar-refractivity contribution in [1.29, 1.82) is 0 Å². The molecule has 0 amide bonds. The Labute approximate surface area is 117 Å². The van der Waals surface area contributed by atoms with Crippen LogP contribution in [-0.2, 0) is 13.0 Å². The molecule has 2 heterocycles. The van der Waals surface area contributed by atoms with E-state index in [1.807, 2.05) is 0 Å². The molecule has 3 rings (SSSR count). The summed E-state index contributed by atoms with van der Waals surface area (Å²) in [7, 11) is 0. The maximum absolute atomic E-state index is 13.9. The van der Waals surface area contributed by atoms with Crippen molar-refractivity contribution in [2.45, 2.75) is 13.0 Å². The van der Waals surface area contributed by atoms with Gasteiger partial charge in [0.25, 0.3) is 0 Å². The number of hydrogen-bond donors (Lipinski definition) is 2. The monoisotopic (exact) mass is 297 g/mol. The summed E-state index contributed by atoms with van der Waals surface area (Å²) in [6, 6.07) is 1.82.